The van der Waals surface area contributed by atoms with Gasteiger partial charge in [0.25, 0.3) is 0 Å². The lowest BCUT2D eigenvalue weighted by atomic mass is 9.85. The Morgan fingerprint density at radius 2 is 1.79 bits per heavy atom. The van der Waals surface area contributed by atoms with E-state index in [2.05, 4.69) is 4.98 Å². The molecule has 0 fully saturated rings. The van der Waals surface area contributed by atoms with E-state index in [0.29, 0.717) is 16.8 Å². The SMILES string of the molecule is Cc1cc2cc(-c3ccc(O)c(C(C)(C)C)c3)oc(=O)c2c(C)n1. The lowest BCUT2D eigenvalue weighted by molar-refractivity contribution is 0.446. The van der Waals surface area contributed by atoms with Crippen LogP contribution in [0.4, 0.5) is 0 Å². The van der Waals surface area contributed by atoms with Gasteiger partial charge in [-0.3, -0.25) is 4.98 Å². The van der Waals surface area contributed by atoms with E-state index in [1.807, 2.05) is 52.8 Å². The number of nitrogens with zero attached hydrogens (tertiary/aromatic N) is 1. The zero-order valence-corrected chi connectivity index (χ0v) is 14.6. The Hall–Kier alpha value is -2.62. The fourth-order valence-corrected chi connectivity index (χ4v) is 2.99. The molecule has 3 aromatic rings. The molecular formula is C20H21NO3. The van der Waals surface area contributed by atoms with Crippen molar-refractivity contribution in [2.24, 2.45) is 0 Å². The molecule has 4 nitrogen and oxygen atoms in total. The molecule has 0 unspecified atom stereocenters. The van der Waals surface area contributed by atoms with Crippen LogP contribution in [0.1, 0.15) is 37.7 Å². The van der Waals surface area contributed by atoms with Gasteiger partial charge >= 0.3 is 5.63 Å². The first-order valence-corrected chi connectivity index (χ1v) is 7.93. The topological polar surface area (TPSA) is 63.3 Å². The number of aromatic nitrogens is 1. The molecule has 0 aliphatic carbocycles. The van der Waals surface area contributed by atoms with Crippen molar-refractivity contribution < 1.29 is 9.52 Å². The van der Waals surface area contributed by atoms with Crippen molar-refractivity contribution in [2.45, 2.75) is 40.0 Å². The van der Waals surface area contributed by atoms with Crippen LogP contribution in [0, 0.1) is 13.8 Å². The summed E-state index contributed by atoms with van der Waals surface area (Å²) in [7, 11) is 0. The fourth-order valence-electron chi connectivity index (χ4n) is 2.99. The second-order valence-corrected chi connectivity index (χ2v) is 7.19. The summed E-state index contributed by atoms with van der Waals surface area (Å²) in [6.45, 7) is 9.80. The first-order chi connectivity index (χ1) is 11.2. The summed E-state index contributed by atoms with van der Waals surface area (Å²) >= 11 is 0. The van der Waals surface area contributed by atoms with Crippen LogP contribution in [0.2, 0.25) is 0 Å². The van der Waals surface area contributed by atoms with Crippen LogP contribution < -0.4 is 5.63 Å². The minimum Gasteiger partial charge on any atom is -0.508 e. The van der Waals surface area contributed by atoms with Crippen molar-refractivity contribution in [3.63, 3.8) is 0 Å². The molecule has 124 valence electrons. The maximum atomic E-state index is 12.4. The van der Waals surface area contributed by atoms with Crippen molar-refractivity contribution in [1.29, 1.82) is 0 Å². The number of rotatable bonds is 1. The smallest absolute Gasteiger partial charge is 0.346 e. The Morgan fingerprint density at radius 1 is 1.08 bits per heavy atom. The molecule has 1 aromatic carbocycles. The van der Waals surface area contributed by atoms with Gasteiger partial charge in [-0.15, -0.1) is 0 Å². The lowest BCUT2D eigenvalue weighted by Crippen LogP contribution is -2.11. The van der Waals surface area contributed by atoms with Gasteiger partial charge < -0.3 is 9.52 Å². The average molecular weight is 323 g/mol. The molecule has 0 bridgehead atoms. The van der Waals surface area contributed by atoms with E-state index >= 15 is 0 Å². The number of benzene rings is 1. The van der Waals surface area contributed by atoms with E-state index in [0.717, 1.165) is 22.2 Å². The number of fused-ring (bicyclic) bond motifs is 1. The molecule has 24 heavy (non-hydrogen) atoms. The maximum absolute atomic E-state index is 12.4. The van der Waals surface area contributed by atoms with Gasteiger partial charge in [-0.1, -0.05) is 20.8 Å². The number of hydrogen-bond acceptors (Lipinski definition) is 4. The van der Waals surface area contributed by atoms with Crippen LogP contribution in [0.15, 0.2) is 39.5 Å². The Kier molecular flexibility index (Phi) is 3.71. The van der Waals surface area contributed by atoms with Crippen molar-refractivity contribution in [3.8, 4) is 17.1 Å². The van der Waals surface area contributed by atoms with Gasteiger partial charge in [0.05, 0.1) is 11.1 Å². The number of hydrogen-bond donors (Lipinski definition) is 1. The molecule has 0 spiro atoms. The van der Waals surface area contributed by atoms with Crippen molar-refractivity contribution in [2.75, 3.05) is 0 Å². The van der Waals surface area contributed by atoms with Crippen molar-refractivity contribution in [1.82, 2.24) is 4.98 Å². The third kappa shape index (κ3) is 2.80. The van der Waals surface area contributed by atoms with Gasteiger partial charge in [0.1, 0.15) is 11.5 Å². The average Bonchev–Trinajstić information content (AvgIpc) is 2.45. The number of phenols is 1. The van der Waals surface area contributed by atoms with Crippen LogP contribution in [-0.2, 0) is 5.41 Å². The summed E-state index contributed by atoms with van der Waals surface area (Å²) in [5.74, 6) is 0.730. The normalized spacial score (nSPS) is 11.9. The second kappa shape index (κ2) is 5.48. The van der Waals surface area contributed by atoms with Crippen molar-refractivity contribution >= 4 is 10.8 Å². The molecule has 0 amide bonds. The maximum Gasteiger partial charge on any atom is 0.346 e. The molecule has 1 N–H and O–H groups in total. The molecule has 3 rings (SSSR count). The largest absolute Gasteiger partial charge is 0.508 e. The summed E-state index contributed by atoms with van der Waals surface area (Å²) in [6.07, 6.45) is 0. The zero-order chi connectivity index (χ0) is 17.6. The Morgan fingerprint density at radius 3 is 2.46 bits per heavy atom. The van der Waals surface area contributed by atoms with E-state index in [1.165, 1.54) is 0 Å². The molecule has 0 saturated carbocycles. The monoisotopic (exact) mass is 323 g/mol. The van der Waals surface area contributed by atoms with E-state index < -0.39 is 5.63 Å². The fraction of sp³-hybridized carbons (Fsp3) is 0.300. The van der Waals surface area contributed by atoms with Gasteiger partial charge in [0.2, 0.25) is 0 Å². The van der Waals surface area contributed by atoms with E-state index in [1.54, 1.807) is 12.1 Å². The van der Waals surface area contributed by atoms with Crippen LogP contribution in [0.3, 0.4) is 0 Å². The summed E-state index contributed by atoms with van der Waals surface area (Å²) in [4.78, 5) is 16.7. The third-order valence-electron chi connectivity index (χ3n) is 4.14. The number of aryl methyl sites for hydroxylation is 2. The first kappa shape index (κ1) is 16.2. The van der Waals surface area contributed by atoms with Gasteiger partial charge in [-0.2, -0.15) is 0 Å². The second-order valence-electron chi connectivity index (χ2n) is 7.19. The number of aromatic hydroxyl groups is 1. The van der Waals surface area contributed by atoms with E-state index in [4.69, 9.17) is 4.42 Å². The lowest BCUT2D eigenvalue weighted by Gasteiger charge is -2.21. The summed E-state index contributed by atoms with van der Waals surface area (Å²) in [5.41, 5.74) is 2.50. The Bertz CT molecular complexity index is 994. The summed E-state index contributed by atoms with van der Waals surface area (Å²) < 4.78 is 5.53. The van der Waals surface area contributed by atoms with Crippen LogP contribution in [-0.4, -0.2) is 10.1 Å². The molecule has 0 radical (unpaired) electrons. The van der Waals surface area contributed by atoms with Crippen LogP contribution >= 0.6 is 0 Å². The number of pyridine rings is 1. The highest BCUT2D eigenvalue weighted by Crippen LogP contribution is 2.34. The number of phenolic OH excluding ortho intramolecular Hbond substituents is 1. The van der Waals surface area contributed by atoms with Gasteiger partial charge in [-0.05, 0) is 60.5 Å². The predicted octanol–water partition coefficient (Wildman–Crippen LogP) is 4.47. The quantitative estimate of drug-likeness (QED) is 0.717. The molecule has 0 saturated heterocycles. The third-order valence-corrected chi connectivity index (χ3v) is 4.14. The molecule has 2 heterocycles. The predicted molar refractivity (Wildman–Crippen MR) is 95.6 cm³/mol. The van der Waals surface area contributed by atoms with Gasteiger partial charge in [-0.25, -0.2) is 4.79 Å². The van der Waals surface area contributed by atoms with Crippen LogP contribution in [0.25, 0.3) is 22.1 Å². The Labute approximate surface area is 140 Å². The minimum absolute atomic E-state index is 0.214. The minimum atomic E-state index is -0.391. The van der Waals surface area contributed by atoms with Crippen molar-refractivity contribution in [3.05, 3.63) is 57.7 Å². The standard InChI is InChI=1S/C20H21NO3/c1-11-8-14-10-17(24-19(23)18(14)12(2)21-11)13-6-7-16(22)15(9-13)20(3,4)5/h6-10,22H,1-5H3. The van der Waals surface area contributed by atoms with Gasteiger partial charge in [0, 0.05) is 11.3 Å². The summed E-state index contributed by atoms with van der Waals surface area (Å²) in [5, 5.41) is 11.4. The van der Waals surface area contributed by atoms with Crippen LogP contribution in [0.5, 0.6) is 5.75 Å². The zero-order valence-electron chi connectivity index (χ0n) is 14.6. The first-order valence-electron chi connectivity index (χ1n) is 7.93. The molecule has 0 atom stereocenters. The molecule has 2 aromatic heterocycles. The highest BCUT2D eigenvalue weighted by Gasteiger charge is 2.19. The van der Waals surface area contributed by atoms with E-state index in [9.17, 15) is 9.90 Å². The molecule has 0 aliphatic rings. The van der Waals surface area contributed by atoms with E-state index in [-0.39, 0.29) is 11.2 Å². The Balaban J connectivity index is 2.26. The van der Waals surface area contributed by atoms with Gasteiger partial charge in [0.15, 0.2) is 0 Å². The summed E-state index contributed by atoms with van der Waals surface area (Å²) in [6, 6.07) is 9.02. The molecule has 0 aliphatic heterocycles. The molecule has 4 heteroatoms. The molecular weight excluding hydrogens is 302 g/mol. The highest BCUT2D eigenvalue weighted by atomic mass is 16.4. The highest BCUT2D eigenvalue weighted by molar-refractivity contribution is 5.86.